The molecule has 1 fully saturated rings. The van der Waals surface area contributed by atoms with Crippen molar-refractivity contribution in [3.8, 4) is 0 Å². The second kappa shape index (κ2) is 4.52. The van der Waals surface area contributed by atoms with Gasteiger partial charge in [0, 0.05) is 30.6 Å². The molecule has 0 bridgehead atoms. The smallest absolute Gasteiger partial charge is 0.139 e. The fourth-order valence-electron chi connectivity index (χ4n) is 2.59. The number of hydrogen-bond donors (Lipinski definition) is 0. The minimum atomic E-state index is 0.142. The van der Waals surface area contributed by atoms with Crippen molar-refractivity contribution >= 4 is 11.5 Å². The Labute approximate surface area is 104 Å². The van der Waals surface area contributed by atoms with Gasteiger partial charge in [-0.05, 0) is 38.0 Å². The number of anilines is 1. The van der Waals surface area contributed by atoms with Gasteiger partial charge in [-0.2, -0.15) is 0 Å². The first kappa shape index (κ1) is 12.2. The van der Waals surface area contributed by atoms with Gasteiger partial charge in [0.2, 0.25) is 0 Å². The van der Waals surface area contributed by atoms with Crippen molar-refractivity contribution in [3.05, 3.63) is 29.3 Å². The lowest BCUT2D eigenvalue weighted by atomic mass is 9.89. The summed E-state index contributed by atoms with van der Waals surface area (Å²) in [6, 6.07) is 6.71. The summed E-state index contributed by atoms with van der Waals surface area (Å²) in [4.78, 5) is 14.1. The van der Waals surface area contributed by atoms with Crippen molar-refractivity contribution in [2.75, 3.05) is 11.4 Å². The van der Waals surface area contributed by atoms with Crippen LogP contribution in [0.4, 0.5) is 5.69 Å². The van der Waals surface area contributed by atoms with E-state index in [1.807, 2.05) is 6.92 Å². The van der Waals surface area contributed by atoms with Crippen molar-refractivity contribution in [2.24, 2.45) is 5.92 Å². The molecule has 0 aliphatic carbocycles. The maximum Gasteiger partial charge on any atom is 0.139 e. The van der Waals surface area contributed by atoms with Gasteiger partial charge in [-0.1, -0.05) is 19.1 Å². The Bertz CT molecular complexity index is 439. The average Bonchev–Trinajstić information content (AvgIpc) is 2.31. The lowest BCUT2D eigenvalue weighted by molar-refractivity contribution is -0.123. The Morgan fingerprint density at radius 2 is 1.94 bits per heavy atom. The van der Waals surface area contributed by atoms with E-state index in [2.05, 4.69) is 43.9 Å². The maximum absolute atomic E-state index is 11.7. The summed E-state index contributed by atoms with van der Waals surface area (Å²) in [5.41, 5.74) is 3.94. The minimum Gasteiger partial charge on any atom is -0.367 e. The van der Waals surface area contributed by atoms with Crippen molar-refractivity contribution in [1.82, 2.24) is 0 Å². The third-order valence-corrected chi connectivity index (χ3v) is 4.21. The van der Waals surface area contributed by atoms with E-state index >= 15 is 0 Å². The normalized spacial score (nSPS) is 25.2. The third-order valence-electron chi connectivity index (χ3n) is 4.21. The van der Waals surface area contributed by atoms with E-state index in [1.165, 1.54) is 16.8 Å². The van der Waals surface area contributed by atoms with Crippen molar-refractivity contribution in [3.63, 3.8) is 0 Å². The fourth-order valence-corrected chi connectivity index (χ4v) is 2.59. The Morgan fingerprint density at radius 1 is 1.24 bits per heavy atom. The second-order valence-electron chi connectivity index (χ2n) is 5.16. The van der Waals surface area contributed by atoms with Crippen LogP contribution in [-0.2, 0) is 4.79 Å². The van der Waals surface area contributed by atoms with Gasteiger partial charge in [0.1, 0.15) is 5.78 Å². The molecule has 1 saturated heterocycles. The number of carbonyl (C=O) groups is 1. The predicted octanol–water partition coefficient (Wildman–Crippen LogP) is 3.11. The number of Topliss-reactive ketones (excluding diaryl/α,β-unsaturated/α-hetero) is 1. The highest BCUT2D eigenvalue weighted by molar-refractivity contribution is 5.84. The molecule has 1 aliphatic rings. The summed E-state index contributed by atoms with van der Waals surface area (Å²) in [6.45, 7) is 9.36. The summed E-state index contributed by atoms with van der Waals surface area (Å²) in [5, 5.41) is 0. The van der Waals surface area contributed by atoms with Crippen LogP contribution in [0, 0.1) is 19.8 Å². The monoisotopic (exact) mass is 231 g/mol. The number of nitrogens with zero attached hydrogens (tertiary/aromatic N) is 1. The molecule has 1 aromatic rings. The van der Waals surface area contributed by atoms with E-state index in [1.54, 1.807) is 0 Å². The first-order valence-corrected chi connectivity index (χ1v) is 6.38. The Hall–Kier alpha value is -1.31. The molecule has 92 valence electrons. The van der Waals surface area contributed by atoms with Crippen LogP contribution in [0.5, 0.6) is 0 Å². The van der Waals surface area contributed by atoms with Crippen molar-refractivity contribution < 1.29 is 4.79 Å². The van der Waals surface area contributed by atoms with Crippen LogP contribution in [0.25, 0.3) is 0 Å². The van der Waals surface area contributed by atoms with Gasteiger partial charge in [0.25, 0.3) is 0 Å². The van der Waals surface area contributed by atoms with E-state index in [-0.39, 0.29) is 5.92 Å². The Morgan fingerprint density at radius 3 is 2.65 bits per heavy atom. The molecular weight excluding hydrogens is 210 g/mol. The lowest BCUT2D eigenvalue weighted by Crippen LogP contribution is -2.47. The van der Waals surface area contributed by atoms with Crippen LogP contribution in [-0.4, -0.2) is 18.4 Å². The SMILES string of the molecule is Cc1cccc(N2CCC(=O)C(C)C2C)c1C. The highest BCUT2D eigenvalue weighted by atomic mass is 16.1. The van der Waals surface area contributed by atoms with Crippen LogP contribution in [0.3, 0.4) is 0 Å². The van der Waals surface area contributed by atoms with Gasteiger partial charge >= 0.3 is 0 Å². The van der Waals surface area contributed by atoms with Gasteiger partial charge < -0.3 is 4.90 Å². The fraction of sp³-hybridized carbons (Fsp3) is 0.533. The number of hydrogen-bond acceptors (Lipinski definition) is 2. The summed E-state index contributed by atoms with van der Waals surface area (Å²) < 4.78 is 0. The third kappa shape index (κ3) is 2.08. The van der Waals surface area contributed by atoms with Crippen LogP contribution >= 0.6 is 0 Å². The average molecular weight is 231 g/mol. The van der Waals surface area contributed by atoms with E-state index < -0.39 is 0 Å². The van der Waals surface area contributed by atoms with Gasteiger partial charge in [-0.15, -0.1) is 0 Å². The summed E-state index contributed by atoms with van der Waals surface area (Å²) in [6.07, 6.45) is 0.679. The second-order valence-corrected chi connectivity index (χ2v) is 5.16. The molecule has 0 N–H and O–H groups in total. The summed E-state index contributed by atoms with van der Waals surface area (Å²) in [5.74, 6) is 0.544. The van der Waals surface area contributed by atoms with Gasteiger partial charge in [0.15, 0.2) is 0 Å². The minimum absolute atomic E-state index is 0.142. The quantitative estimate of drug-likeness (QED) is 0.740. The first-order chi connectivity index (χ1) is 8.02. The van der Waals surface area contributed by atoms with Gasteiger partial charge in [-0.3, -0.25) is 4.79 Å². The van der Waals surface area contributed by atoms with Crippen molar-refractivity contribution in [1.29, 1.82) is 0 Å². The Kier molecular flexibility index (Phi) is 3.23. The number of rotatable bonds is 1. The molecule has 2 nitrogen and oxygen atoms in total. The van der Waals surface area contributed by atoms with E-state index in [4.69, 9.17) is 0 Å². The molecule has 1 heterocycles. The Balaban J connectivity index is 2.34. The molecule has 0 aromatic heterocycles. The molecule has 0 amide bonds. The molecule has 2 unspecified atom stereocenters. The van der Waals surface area contributed by atoms with Crippen molar-refractivity contribution in [2.45, 2.75) is 40.2 Å². The van der Waals surface area contributed by atoms with E-state index in [0.29, 0.717) is 18.2 Å². The van der Waals surface area contributed by atoms with Crippen LogP contribution in [0.2, 0.25) is 0 Å². The largest absolute Gasteiger partial charge is 0.367 e. The standard InChI is InChI=1S/C15H21NO/c1-10-6-5-7-14(11(10)2)16-9-8-15(17)12(3)13(16)4/h5-7,12-13H,8-9H2,1-4H3. The highest BCUT2D eigenvalue weighted by Gasteiger charge is 2.31. The molecule has 0 spiro atoms. The van der Waals surface area contributed by atoms with E-state index in [0.717, 1.165) is 6.54 Å². The molecule has 17 heavy (non-hydrogen) atoms. The van der Waals surface area contributed by atoms with Crippen LogP contribution in [0.1, 0.15) is 31.4 Å². The maximum atomic E-state index is 11.7. The number of benzene rings is 1. The molecule has 0 radical (unpaired) electrons. The molecule has 1 aromatic carbocycles. The number of ketones is 1. The molecule has 1 aliphatic heterocycles. The number of piperidine rings is 1. The molecule has 2 rings (SSSR count). The molecule has 0 saturated carbocycles. The zero-order valence-corrected chi connectivity index (χ0v) is 11.2. The topological polar surface area (TPSA) is 20.3 Å². The molecule has 2 heteroatoms. The van der Waals surface area contributed by atoms with Crippen LogP contribution < -0.4 is 4.90 Å². The zero-order valence-electron chi connectivity index (χ0n) is 11.2. The zero-order chi connectivity index (χ0) is 12.6. The lowest BCUT2D eigenvalue weighted by Gasteiger charge is -2.39. The van der Waals surface area contributed by atoms with Gasteiger partial charge in [-0.25, -0.2) is 0 Å². The predicted molar refractivity (Wildman–Crippen MR) is 71.5 cm³/mol. The highest BCUT2D eigenvalue weighted by Crippen LogP contribution is 2.30. The first-order valence-electron chi connectivity index (χ1n) is 6.38. The van der Waals surface area contributed by atoms with Crippen LogP contribution in [0.15, 0.2) is 18.2 Å². The van der Waals surface area contributed by atoms with Gasteiger partial charge in [0.05, 0.1) is 0 Å². The van der Waals surface area contributed by atoms with E-state index in [9.17, 15) is 4.79 Å². The molecule has 2 atom stereocenters. The summed E-state index contributed by atoms with van der Waals surface area (Å²) in [7, 11) is 0. The number of carbonyl (C=O) groups excluding carboxylic acids is 1. The number of aryl methyl sites for hydroxylation is 1. The summed E-state index contributed by atoms with van der Waals surface area (Å²) >= 11 is 0. The molecular formula is C15H21NO.